The number of ether oxygens (including phenoxy) is 1. The van der Waals surface area contributed by atoms with Crippen molar-refractivity contribution < 1.29 is 18.8 Å². The van der Waals surface area contributed by atoms with Crippen LogP contribution >= 0.6 is 0 Å². The van der Waals surface area contributed by atoms with Crippen molar-refractivity contribution in [2.45, 2.75) is 83.8 Å². The molecule has 1 saturated heterocycles. The maximum atomic E-state index is 13.1. The summed E-state index contributed by atoms with van der Waals surface area (Å²) in [5, 5.41) is 9.78. The molecule has 2 heterocycles. The smallest absolute Gasteiger partial charge is 0.336 e. The second-order valence-electron chi connectivity index (χ2n) is 8.93. The number of esters is 1. The molecule has 1 aromatic rings. The average molecular weight is 365 g/mol. The summed E-state index contributed by atoms with van der Waals surface area (Å²) in [4.78, 5) is 26.0. The minimum atomic E-state index is -1.41. The van der Waals surface area contributed by atoms with Crippen LogP contribution in [-0.4, -0.2) is 34.7 Å². The number of nitrogens with one attached hydrogen (secondary N) is 2. The summed E-state index contributed by atoms with van der Waals surface area (Å²) in [5.74, 6) is -0.0480. The average Bonchev–Trinajstić information content (AvgIpc) is 2.81. The topological polar surface area (TPSA) is 93.5 Å². The molecule has 1 aliphatic heterocycles. The van der Waals surface area contributed by atoms with Crippen molar-refractivity contribution in [2.24, 2.45) is 0 Å². The van der Waals surface area contributed by atoms with Crippen molar-refractivity contribution in [2.75, 3.05) is 11.9 Å². The molecule has 1 aromatic heterocycles. The maximum Gasteiger partial charge on any atom is 0.336 e. The van der Waals surface area contributed by atoms with E-state index in [-0.39, 0.29) is 5.41 Å². The van der Waals surface area contributed by atoms with E-state index in [0.29, 0.717) is 24.5 Å². The van der Waals surface area contributed by atoms with Crippen LogP contribution in [0.3, 0.4) is 0 Å². The second kappa shape index (κ2) is 7.39. The number of amides is 1. The number of carbonyl (C=O) groups is 2. The van der Waals surface area contributed by atoms with Crippen molar-refractivity contribution in [3.05, 3.63) is 11.8 Å². The standard InChI is InChI=1S/C19H31N3O4/c1-17(2,3)13-12-14(22-26-13)21-15(23)19(10-8-7-9-11-20-19)16(24)25-18(4,5)6/h12,20H,7-11H2,1-6H3,(H,21,22,23)/t19-/m1/s1. The zero-order chi connectivity index (χ0) is 19.6. The molecule has 0 unspecified atom stereocenters. The maximum absolute atomic E-state index is 13.1. The number of rotatable bonds is 3. The number of aromatic nitrogens is 1. The summed E-state index contributed by atoms with van der Waals surface area (Å²) in [7, 11) is 0. The van der Waals surface area contributed by atoms with Crippen molar-refractivity contribution in [1.82, 2.24) is 10.5 Å². The molecule has 0 saturated carbocycles. The summed E-state index contributed by atoms with van der Waals surface area (Å²) in [6.07, 6.45) is 3.03. The Bertz CT molecular complexity index is 644. The van der Waals surface area contributed by atoms with Gasteiger partial charge < -0.3 is 14.6 Å². The first-order valence-electron chi connectivity index (χ1n) is 9.21. The monoisotopic (exact) mass is 365 g/mol. The minimum absolute atomic E-state index is 0.223. The van der Waals surface area contributed by atoms with Gasteiger partial charge in [0.2, 0.25) is 0 Å². The van der Waals surface area contributed by atoms with E-state index in [1.807, 2.05) is 20.8 Å². The van der Waals surface area contributed by atoms with E-state index in [1.165, 1.54) is 0 Å². The first kappa shape index (κ1) is 20.4. The Labute approximate surface area is 155 Å². The third-order valence-corrected chi connectivity index (χ3v) is 4.28. The molecule has 1 amide bonds. The SMILES string of the molecule is CC(C)(C)OC(=O)[C@]1(C(=O)Nc2cc(C(C)(C)C)on2)CCCCCN1. The molecule has 0 bridgehead atoms. The molecular weight excluding hydrogens is 334 g/mol. The van der Waals surface area contributed by atoms with Crippen LogP contribution in [0.25, 0.3) is 0 Å². The Morgan fingerprint density at radius 1 is 1.19 bits per heavy atom. The zero-order valence-electron chi connectivity index (χ0n) is 16.7. The Morgan fingerprint density at radius 3 is 2.46 bits per heavy atom. The van der Waals surface area contributed by atoms with Crippen LogP contribution in [0.2, 0.25) is 0 Å². The highest BCUT2D eigenvalue weighted by Crippen LogP contribution is 2.27. The predicted octanol–water partition coefficient (Wildman–Crippen LogP) is 3.15. The normalized spacial score (nSPS) is 21.8. The lowest BCUT2D eigenvalue weighted by Gasteiger charge is -2.32. The van der Waals surface area contributed by atoms with Gasteiger partial charge in [-0.15, -0.1) is 0 Å². The predicted molar refractivity (Wildman–Crippen MR) is 98.9 cm³/mol. The number of hydrogen-bond acceptors (Lipinski definition) is 6. The number of nitrogens with zero attached hydrogens (tertiary/aromatic N) is 1. The number of anilines is 1. The lowest BCUT2D eigenvalue weighted by Crippen LogP contribution is -2.61. The van der Waals surface area contributed by atoms with Gasteiger partial charge in [0.05, 0.1) is 0 Å². The fourth-order valence-corrected chi connectivity index (χ4v) is 2.82. The van der Waals surface area contributed by atoms with Crippen LogP contribution in [0.15, 0.2) is 10.6 Å². The van der Waals surface area contributed by atoms with Crippen molar-refractivity contribution >= 4 is 17.7 Å². The second-order valence-corrected chi connectivity index (χ2v) is 8.93. The molecule has 0 aromatic carbocycles. The van der Waals surface area contributed by atoms with Gasteiger partial charge in [0.1, 0.15) is 11.4 Å². The number of carbonyl (C=O) groups excluding carboxylic acids is 2. The van der Waals surface area contributed by atoms with Gasteiger partial charge in [-0.1, -0.05) is 38.8 Å². The first-order chi connectivity index (χ1) is 11.9. The molecule has 1 aliphatic rings. The lowest BCUT2D eigenvalue weighted by molar-refractivity contribution is -0.165. The molecule has 0 spiro atoms. The molecule has 146 valence electrons. The van der Waals surface area contributed by atoms with Gasteiger partial charge in [0.15, 0.2) is 11.4 Å². The van der Waals surface area contributed by atoms with Gasteiger partial charge in [-0.25, -0.2) is 4.79 Å². The van der Waals surface area contributed by atoms with E-state index in [9.17, 15) is 9.59 Å². The Morgan fingerprint density at radius 2 is 1.88 bits per heavy atom. The first-order valence-corrected chi connectivity index (χ1v) is 9.21. The van der Waals surface area contributed by atoms with Gasteiger partial charge in [-0.2, -0.15) is 0 Å². The van der Waals surface area contributed by atoms with Crippen LogP contribution in [-0.2, 0) is 19.7 Å². The summed E-state index contributed by atoms with van der Waals surface area (Å²) in [6.45, 7) is 11.9. The summed E-state index contributed by atoms with van der Waals surface area (Å²) < 4.78 is 10.9. The van der Waals surface area contributed by atoms with E-state index in [4.69, 9.17) is 9.26 Å². The van der Waals surface area contributed by atoms with Crippen LogP contribution in [0.5, 0.6) is 0 Å². The lowest BCUT2D eigenvalue weighted by atomic mass is 9.91. The molecule has 7 heteroatoms. The molecule has 0 aliphatic carbocycles. The molecule has 26 heavy (non-hydrogen) atoms. The van der Waals surface area contributed by atoms with Gasteiger partial charge >= 0.3 is 5.97 Å². The third kappa shape index (κ3) is 4.84. The van der Waals surface area contributed by atoms with Crippen LogP contribution in [0.4, 0.5) is 5.82 Å². The number of hydrogen-bond donors (Lipinski definition) is 2. The van der Waals surface area contributed by atoms with Gasteiger partial charge in [-0.05, 0) is 40.2 Å². The molecule has 7 nitrogen and oxygen atoms in total. The van der Waals surface area contributed by atoms with E-state index in [2.05, 4.69) is 15.8 Å². The molecular formula is C19H31N3O4. The van der Waals surface area contributed by atoms with E-state index in [0.717, 1.165) is 19.3 Å². The molecule has 1 fully saturated rings. The van der Waals surface area contributed by atoms with E-state index >= 15 is 0 Å². The fraction of sp³-hybridized carbons (Fsp3) is 0.737. The van der Waals surface area contributed by atoms with Crippen molar-refractivity contribution in [3.63, 3.8) is 0 Å². The van der Waals surface area contributed by atoms with Crippen LogP contribution < -0.4 is 10.6 Å². The Kier molecular flexibility index (Phi) is 5.80. The highest BCUT2D eigenvalue weighted by atomic mass is 16.6. The van der Waals surface area contributed by atoms with Gasteiger partial charge in [0, 0.05) is 11.5 Å². The van der Waals surface area contributed by atoms with Crippen LogP contribution in [0, 0.1) is 0 Å². The quantitative estimate of drug-likeness (QED) is 0.631. The summed E-state index contributed by atoms with van der Waals surface area (Å²) in [5.41, 5.74) is -2.31. The van der Waals surface area contributed by atoms with E-state index in [1.54, 1.807) is 26.8 Å². The minimum Gasteiger partial charge on any atom is -0.458 e. The highest BCUT2D eigenvalue weighted by Gasteiger charge is 2.48. The molecule has 2 N–H and O–H groups in total. The van der Waals surface area contributed by atoms with Crippen molar-refractivity contribution in [1.29, 1.82) is 0 Å². The third-order valence-electron chi connectivity index (χ3n) is 4.28. The van der Waals surface area contributed by atoms with E-state index < -0.39 is 23.0 Å². The largest absolute Gasteiger partial charge is 0.458 e. The fourth-order valence-electron chi connectivity index (χ4n) is 2.82. The van der Waals surface area contributed by atoms with Crippen molar-refractivity contribution in [3.8, 4) is 0 Å². The van der Waals surface area contributed by atoms with Gasteiger partial charge in [-0.3, -0.25) is 10.1 Å². The summed E-state index contributed by atoms with van der Waals surface area (Å²) >= 11 is 0. The highest BCUT2D eigenvalue weighted by molar-refractivity contribution is 6.13. The molecule has 0 radical (unpaired) electrons. The molecule has 1 atom stereocenters. The Hall–Kier alpha value is -1.89. The van der Waals surface area contributed by atoms with Crippen LogP contribution in [0.1, 0.15) is 73.0 Å². The summed E-state index contributed by atoms with van der Waals surface area (Å²) in [6, 6.07) is 1.69. The van der Waals surface area contributed by atoms with Gasteiger partial charge in [0.25, 0.3) is 5.91 Å². The Balaban J connectivity index is 2.25. The zero-order valence-corrected chi connectivity index (χ0v) is 16.7. The molecule has 2 rings (SSSR count).